The number of amides is 1. The third-order valence-electron chi connectivity index (χ3n) is 3.39. The van der Waals surface area contributed by atoms with Crippen molar-refractivity contribution in [2.75, 3.05) is 39.1 Å². The molecule has 104 valence electrons. The van der Waals surface area contributed by atoms with Crippen molar-refractivity contribution in [1.82, 2.24) is 15.2 Å². The molecule has 1 saturated heterocycles. The molecule has 1 amide bonds. The first kappa shape index (κ1) is 14.3. The number of aromatic nitrogens is 1. The number of pyridine rings is 1. The van der Waals surface area contributed by atoms with Crippen LogP contribution < -0.4 is 10.2 Å². The SMILES string of the molecule is CN(C)c1ncc(Br)cc1C(=O)N(C)[C@H]1CCNC1. The maximum absolute atomic E-state index is 12.6. The number of nitrogens with zero attached hydrogens (tertiary/aromatic N) is 3. The molecule has 1 aromatic heterocycles. The number of anilines is 1. The van der Waals surface area contributed by atoms with Crippen molar-refractivity contribution >= 4 is 27.7 Å². The molecule has 0 spiro atoms. The van der Waals surface area contributed by atoms with Crippen molar-refractivity contribution in [2.45, 2.75) is 12.5 Å². The van der Waals surface area contributed by atoms with E-state index in [-0.39, 0.29) is 11.9 Å². The Morgan fingerprint density at radius 3 is 2.79 bits per heavy atom. The highest BCUT2D eigenvalue weighted by atomic mass is 79.9. The van der Waals surface area contributed by atoms with Gasteiger partial charge < -0.3 is 15.1 Å². The van der Waals surface area contributed by atoms with Gasteiger partial charge in [0.1, 0.15) is 5.82 Å². The third kappa shape index (κ3) is 3.06. The summed E-state index contributed by atoms with van der Waals surface area (Å²) >= 11 is 3.38. The van der Waals surface area contributed by atoms with E-state index in [1.54, 1.807) is 6.20 Å². The molecule has 5 nitrogen and oxygen atoms in total. The third-order valence-corrected chi connectivity index (χ3v) is 3.82. The standard InChI is InChI=1S/C13H19BrN4O/c1-17(2)12-11(6-9(14)7-16-12)13(19)18(3)10-4-5-15-8-10/h6-7,10,15H,4-5,8H2,1-3H3/t10-/m0/s1. The van der Waals surface area contributed by atoms with Crippen LogP contribution in [0.2, 0.25) is 0 Å². The van der Waals surface area contributed by atoms with Gasteiger partial charge in [-0.25, -0.2) is 4.98 Å². The van der Waals surface area contributed by atoms with E-state index < -0.39 is 0 Å². The molecule has 0 unspecified atom stereocenters. The van der Waals surface area contributed by atoms with Crippen molar-refractivity contribution in [2.24, 2.45) is 0 Å². The Hall–Kier alpha value is -1.14. The van der Waals surface area contributed by atoms with Crippen LogP contribution in [0.15, 0.2) is 16.7 Å². The largest absolute Gasteiger partial charge is 0.362 e. The lowest BCUT2D eigenvalue weighted by atomic mass is 10.1. The highest BCUT2D eigenvalue weighted by molar-refractivity contribution is 9.10. The summed E-state index contributed by atoms with van der Waals surface area (Å²) in [6.45, 7) is 1.83. The molecule has 1 N–H and O–H groups in total. The predicted molar refractivity (Wildman–Crippen MR) is 79.6 cm³/mol. The first-order valence-electron chi connectivity index (χ1n) is 6.31. The zero-order valence-corrected chi connectivity index (χ0v) is 13.1. The van der Waals surface area contributed by atoms with Gasteiger partial charge in [-0.3, -0.25) is 4.79 Å². The van der Waals surface area contributed by atoms with E-state index in [0.29, 0.717) is 11.4 Å². The van der Waals surface area contributed by atoms with E-state index in [9.17, 15) is 4.79 Å². The summed E-state index contributed by atoms with van der Waals surface area (Å²) in [5.41, 5.74) is 0.633. The second-order valence-corrected chi connectivity index (χ2v) is 5.90. The van der Waals surface area contributed by atoms with Gasteiger partial charge in [-0.15, -0.1) is 0 Å². The molecule has 0 aromatic carbocycles. The number of nitrogens with one attached hydrogen (secondary N) is 1. The number of carbonyl (C=O) groups is 1. The van der Waals surface area contributed by atoms with E-state index in [2.05, 4.69) is 26.2 Å². The van der Waals surface area contributed by atoms with Crippen LogP contribution >= 0.6 is 15.9 Å². The van der Waals surface area contributed by atoms with Gasteiger partial charge >= 0.3 is 0 Å². The van der Waals surface area contributed by atoms with Crippen LogP contribution in [0.4, 0.5) is 5.82 Å². The fourth-order valence-corrected chi connectivity index (χ4v) is 2.60. The molecule has 0 bridgehead atoms. The number of halogens is 1. The molecule has 0 aliphatic carbocycles. The number of carbonyl (C=O) groups excluding carboxylic acids is 1. The fourth-order valence-electron chi connectivity index (χ4n) is 2.27. The number of rotatable bonds is 3. The van der Waals surface area contributed by atoms with E-state index in [1.165, 1.54) is 0 Å². The minimum absolute atomic E-state index is 0.0196. The Kier molecular flexibility index (Phi) is 4.42. The Morgan fingerprint density at radius 2 is 2.21 bits per heavy atom. The van der Waals surface area contributed by atoms with Crippen molar-refractivity contribution in [3.8, 4) is 0 Å². The molecule has 1 aliphatic heterocycles. The van der Waals surface area contributed by atoms with Crippen LogP contribution in [0.1, 0.15) is 16.8 Å². The van der Waals surface area contributed by atoms with Gasteiger partial charge in [0.25, 0.3) is 5.91 Å². The normalized spacial score (nSPS) is 18.4. The Balaban J connectivity index is 2.29. The summed E-state index contributed by atoms with van der Waals surface area (Å²) in [5, 5.41) is 3.28. The number of hydrogen-bond donors (Lipinski definition) is 1. The van der Waals surface area contributed by atoms with Crippen molar-refractivity contribution < 1.29 is 4.79 Å². The molecule has 1 aliphatic rings. The van der Waals surface area contributed by atoms with E-state index >= 15 is 0 Å². The molecule has 2 rings (SSSR count). The summed E-state index contributed by atoms with van der Waals surface area (Å²) in [6.07, 6.45) is 2.71. The molecule has 1 fully saturated rings. The molecule has 19 heavy (non-hydrogen) atoms. The summed E-state index contributed by atoms with van der Waals surface area (Å²) in [7, 11) is 5.65. The quantitative estimate of drug-likeness (QED) is 0.910. The lowest BCUT2D eigenvalue weighted by Gasteiger charge is -2.25. The average molecular weight is 327 g/mol. The average Bonchev–Trinajstić information content (AvgIpc) is 2.90. The van der Waals surface area contributed by atoms with Crippen LogP contribution in [0, 0.1) is 0 Å². The lowest BCUT2D eigenvalue weighted by molar-refractivity contribution is 0.0744. The van der Waals surface area contributed by atoms with Gasteiger partial charge in [0.05, 0.1) is 5.56 Å². The van der Waals surface area contributed by atoms with Crippen LogP contribution in [0.3, 0.4) is 0 Å². The molecular weight excluding hydrogens is 308 g/mol. The first-order chi connectivity index (χ1) is 9.00. The van der Waals surface area contributed by atoms with Crippen molar-refractivity contribution in [3.05, 3.63) is 22.3 Å². The smallest absolute Gasteiger partial charge is 0.257 e. The van der Waals surface area contributed by atoms with Gasteiger partial charge in [0.15, 0.2) is 0 Å². The highest BCUT2D eigenvalue weighted by Crippen LogP contribution is 2.22. The van der Waals surface area contributed by atoms with Gasteiger partial charge in [-0.2, -0.15) is 0 Å². The maximum Gasteiger partial charge on any atom is 0.257 e. The molecule has 1 atom stereocenters. The van der Waals surface area contributed by atoms with Crippen molar-refractivity contribution in [1.29, 1.82) is 0 Å². The zero-order valence-electron chi connectivity index (χ0n) is 11.5. The fraction of sp³-hybridized carbons (Fsp3) is 0.538. The minimum atomic E-state index is 0.0196. The second kappa shape index (κ2) is 5.88. The lowest BCUT2D eigenvalue weighted by Crippen LogP contribution is -2.39. The second-order valence-electron chi connectivity index (χ2n) is 4.98. The topological polar surface area (TPSA) is 48.5 Å². The van der Waals surface area contributed by atoms with Crippen molar-refractivity contribution in [3.63, 3.8) is 0 Å². The minimum Gasteiger partial charge on any atom is -0.362 e. The Morgan fingerprint density at radius 1 is 1.47 bits per heavy atom. The van der Waals surface area contributed by atoms with E-state index in [1.807, 2.05) is 37.0 Å². The van der Waals surface area contributed by atoms with E-state index in [4.69, 9.17) is 0 Å². The number of likely N-dealkylation sites (N-methyl/N-ethyl adjacent to an activating group) is 1. The van der Waals surface area contributed by atoms with Crippen LogP contribution in [0.5, 0.6) is 0 Å². The highest BCUT2D eigenvalue weighted by Gasteiger charge is 2.26. The van der Waals surface area contributed by atoms with Crippen LogP contribution in [-0.2, 0) is 0 Å². The molecule has 1 aromatic rings. The van der Waals surface area contributed by atoms with E-state index in [0.717, 1.165) is 24.0 Å². The van der Waals surface area contributed by atoms with Gasteiger partial charge in [-0.1, -0.05) is 0 Å². The summed E-state index contributed by atoms with van der Waals surface area (Å²) < 4.78 is 0.819. The number of hydrogen-bond acceptors (Lipinski definition) is 4. The van der Waals surface area contributed by atoms with Gasteiger partial charge in [0.2, 0.25) is 0 Å². The molecule has 2 heterocycles. The van der Waals surface area contributed by atoms with Gasteiger partial charge in [0, 0.05) is 44.4 Å². The van der Waals surface area contributed by atoms with Crippen LogP contribution in [-0.4, -0.2) is 56.1 Å². The molecule has 0 saturated carbocycles. The molecule has 0 radical (unpaired) electrons. The summed E-state index contributed by atoms with van der Waals surface area (Å²) in [5.74, 6) is 0.720. The van der Waals surface area contributed by atoms with Gasteiger partial charge in [-0.05, 0) is 35.0 Å². The van der Waals surface area contributed by atoms with Crippen LogP contribution in [0.25, 0.3) is 0 Å². The Bertz CT molecular complexity index is 472. The Labute approximate surface area is 122 Å². The monoisotopic (exact) mass is 326 g/mol. The molecule has 6 heteroatoms. The predicted octanol–water partition coefficient (Wildman–Crippen LogP) is 1.34. The summed E-state index contributed by atoms with van der Waals surface area (Å²) in [6, 6.07) is 2.10. The summed E-state index contributed by atoms with van der Waals surface area (Å²) in [4.78, 5) is 20.6. The maximum atomic E-state index is 12.6. The molecular formula is C13H19BrN4O. The first-order valence-corrected chi connectivity index (χ1v) is 7.10. The zero-order chi connectivity index (χ0) is 14.0.